The second-order valence-corrected chi connectivity index (χ2v) is 7.46. The van der Waals surface area contributed by atoms with Crippen molar-refractivity contribution in [2.24, 2.45) is 0 Å². The zero-order valence-corrected chi connectivity index (χ0v) is 17.4. The maximum atomic E-state index is 13.0. The van der Waals surface area contributed by atoms with E-state index in [4.69, 9.17) is 4.52 Å². The SMILES string of the molecule is CCC(C=O)N(C)c1cc(-c2nc(-c3cccc(C(F)(F)F)c3)no2)ccc1SC. The highest BCUT2D eigenvalue weighted by Gasteiger charge is 2.30. The predicted octanol–water partition coefficient (Wildman–Crippen LogP) is 5.56. The summed E-state index contributed by atoms with van der Waals surface area (Å²) in [6, 6.07) is 10.0. The van der Waals surface area contributed by atoms with Crippen LogP contribution in [0.1, 0.15) is 18.9 Å². The molecule has 1 unspecified atom stereocenters. The molecule has 0 amide bonds. The van der Waals surface area contributed by atoms with Crippen LogP contribution in [-0.4, -0.2) is 35.8 Å². The van der Waals surface area contributed by atoms with Crippen LogP contribution in [0.4, 0.5) is 18.9 Å². The number of aromatic nitrogens is 2. The number of carbonyl (C=O) groups excluding carboxylic acids is 1. The summed E-state index contributed by atoms with van der Waals surface area (Å²) in [5, 5.41) is 3.84. The van der Waals surface area contributed by atoms with E-state index in [0.717, 1.165) is 29.0 Å². The quantitative estimate of drug-likeness (QED) is 0.358. The van der Waals surface area contributed by atoms with Gasteiger partial charge in [-0.25, -0.2) is 0 Å². The third-order valence-corrected chi connectivity index (χ3v) is 5.54. The molecule has 0 saturated heterocycles. The van der Waals surface area contributed by atoms with Crippen LogP contribution in [0.2, 0.25) is 0 Å². The maximum absolute atomic E-state index is 13.0. The van der Waals surface area contributed by atoms with Gasteiger partial charge in [0.1, 0.15) is 6.29 Å². The monoisotopic (exact) mass is 435 g/mol. The van der Waals surface area contributed by atoms with E-state index >= 15 is 0 Å². The van der Waals surface area contributed by atoms with Crippen LogP contribution in [0, 0.1) is 0 Å². The molecule has 0 bridgehead atoms. The summed E-state index contributed by atoms with van der Waals surface area (Å²) in [7, 11) is 1.84. The molecule has 0 aliphatic heterocycles. The molecular weight excluding hydrogens is 415 g/mol. The Morgan fingerprint density at radius 3 is 2.60 bits per heavy atom. The van der Waals surface area contributed by atoms with Crippen LogP contribution in [0.3, 0.4) is 0 Å². The van der Waals surface area contributed by atoms with Crippen molar-refractivity contribution >= 4 is 23.7 Å². The summed E-state index contributed by atoms with van der Waals surface area (Å²) in [5.74, 6) is 0.253. The number of hydrogen-bond donors (Lipinski definition) is 0. The number of thioether (sulfide) groups is 1. The molecule has 0 aliphatic carbocycles. The molecule has 30 heavy (non-hydrogen) atoms. The molecule has 1 heterocycles. The highest BCUT2D eigenvalue weighted by Crippen LogP contribution is 2.35. The average Bonchev–Trinajstić information content (AvgIpc) is 3.24. The van der Waals surface area contributed by atoms with Crippen LogP contribution in [0.25, 0.3) is 22.8 Å². The van der Waals surface area contributed by atoms with Crippen LogP contribution in [-0.2, 0) is 11.0 Å². The first kappa shape index (κ1) is 21.9. The zero-order chi connectivity index (χ0) is 21.9. The van der Waals surface area contributed by atoms with E-state index < -0.39 is 11.7 Å². The van der Waals surface area contributed by atoms with Gasteiger partial charge < -0.3 is 14.2 Å². The minimum atomic E-state index is -4.45. The van der Waals surface area contributed by atoms with Crippen LogP contribution in [0.15, 0.2) is 51.9 Å². The normalized spacial score (nSPS) is 12.6. The summed E-state index contributed by atoms with van der Waals surface area (Å²) < 4.78 is 44.2. The number of anilines is 1. The van der Waals surface area contributed by atoms with E-state index in [2.05, 4.69) is 10.1 Å². The molecule has 2 aromatic carbocycles. The molecule has 9 heteroatoms. The van der Waals surface area contributed by atoms with E-state index in [1.165, 1.54) is 12.1 Å². The molecule has 158 valence electrons. The fourth-order valence-corrected chi connectivity index (χ4v) is 3.65. The first-order valence-electron chi connectivity index (χ1n) is 9.16. The van der Waals surface area contributed by atoms with E-state index in [9.17, 15) is 18.0 Å². The van der Waals surface area contributed by atoms with Crippen LogP contribution < -0.4 is 4.90 Å². The van der Waals surface area contributed by atoms with Crippen LogP contribution >= 0.6 is 11.8 Å². The van der Waals surface area contributed by atoms with Gasteiger partial charge in [-0.05, 0) is 43.0 Å². The number of rotatable bonds is 7. The fraction of sp³-hybridized carbons (Fsp3) is 0.286. The summed E-state index contributed by atoms with van der Waals surface area (Å²) in [5.41, 5.74) is 0.878. The zero-order valence-electron chi connectivity index (χ0n) is 16.6. The van der Waals surface area contributed by atoms with Gasteiger partial charge in [0.05, 0.1) is 17.3 Å². The van der Waals surface area contributed by atoms with Gasteiger partial charge in [0.15, 0.2) is 0 Å². The Labute approximate surface area is 176 Å². The van der Waals surface area contributed by atoms with Crippen molar-refractivity contribution < 1.29 is 22.5 Å². The topological polar surface area (TPSA) is 59.2 Å². The minimum absolute atomic E-state index is 0.0688. The van der Waals surface area contributed by atoms with E-state index in [-0.39, 0.29) is 23.3 Å². The third kappa shape index (κ3) is 4.51. The number of halogens is 3. The molecule has 0 saturated carbocycles. The Balaban J connectivity index is 1.98. The average molecular weight is 435 g/mol. The summed E-state index contributed by atoms with van der Waals surface area (Å²) >= 11 is 1.54. The van der Waals surface area contributed by atoms with Gasteiger partial charge in [0.25, 0.3) is 5.89 Å². The standard InChI is InChI=1S/C21H20F3N3O2S/c1-4-16(12-28)27(2)17-11-14(8-9-18(17)30-3)20-25-19(26-29-20)13-6-5-7-15(10-13)21(22,23)24/h5-12,16H,4H2,1-3H3. The van der Waals surface area contributed by atoms with Gasteiger partial charge in [-0.2, -0.15) is 18.2 Å². The molecule has 5 nitrogen and oxygen atoms in total. The third-order valence-electron chi connectivity index (χ3n) is 4.75. The first-order valence-corrected chi connectivity index (χ1v) is 10.4. The van der Waals surface area contributed by atoms with Gasteiger partial charge in [0, 0.05) is 23.1 Å². The Hall–Kier alpha value is -2.81. The van der Waals surface area contributed by atoms with E-state index in [1.54, 1.807) is 17.8 Å². The van der Waals surface area contributed by atoms with Crippen molar-refractivity contribution in [2.75, 3.05) is 18.2 Å². The van der Waals surface area contributed by atoms with Crippen molar-refractivity contribution in [2.45, 2.75) is 30.5 Å². The smallest absolute Gasteiger partial charge is 0.364 e. The lowest BCUT2D eigenvalue weighted by molar-refractivity contribution is -0.137. The number of benzene rings is 2. The van der Waals surface area contributed by atoms with Gasteiger partial charge in [-0.3, -0.25) is 0 Å². The molecule has 0 N–H and O–H groups in total. The highest BCUT2D eigenvalue weighted by molar-refractivity contribution is 7.98. The predicted molar refractivity (Wildman–Crippen MR) is 110 cm³/mol. The van der Waals surface area contributed by atoms with Crippen molar-refractivity contribution in [3.63, 3.8) is 0 Å². The number of hydrogen-bond acceptors (Lipinski definition) is 6. The van der Waals surface area contributed by atoms with Gasteiger partial charge >= 0.3 is 6.18 Å². The Morgan fingerprint density at radius 2 is 1.97 bits per heavy atom. The van der Waals surface area contributed by atoms with Crippen molar-refractivity contribution in [1.82, 2.24) is 10.1 Å². The molecule has 3 aromatic rings. The largest absolute Gasteiger partial charge is 0.416 e. The van der Waals surface area contributed by atoms with Crippen molar-refractivity contribution in [3.8, 4) is 22.8 Å². The van der Waals surface area contributed by atoms with Gasteiger partial charge in [-0.1, -0.05) is 24.2 Å². The number of likely N-dealkylation sites (N-methyl/N-ethyl adjacent to an activating group) is 1. The van der Waals surface area contributed by atoms with Gasteiger partial charge in [0.2, 0.25) is 5.82 Å². The lowest BCUT2D eigenvalue weighted by atomic mass is 10.1. The van der Waals surface area contributed by atoms with E-state index in [1.807, 2.05) is 37.3 Å². The Bertz CT molecular complexity index is 1040. The van der Waals surface area contributed by atoms with Crippen molar-refractivity contribution in [3.05, 3.63) is 48.0 Å². The lowest BCUT2D eigenvalue weighted by Gasteiger charge is -2.27. The van der Waals surface area contributed by atoms with Gasteiger partial charge in [-0.15, -0.1) is 11.8 Å². The lowest BCUT2D eigenvalue weighted by Crippen LogP contribution is -2.32. The summed E-state index contributed by atoms with van der Waals surface area (Å²) in [4.78, 5) is 18.5. The van der Waals surface area contributed by atoms with Crippen molar-refractivity contribution in [1.29, 1.82) is 0 Å². The molecule has 0 fully saturated rings. The highest BCUT2D eigenvalue weighted by atomic mass is 32.2. The molecule has 1 aromatic heterocycles. The molecule has 0 radical (unpaired) electrons. The number of alkyl halides is 3. The molecule has 0 aliphatic rings. The summed E-state index contributed by atoms with van der Waals surface area (Å²) in [6.45, 7) is 1.93. The second kappa shape index (κ2) is 8.91. The van der Waals surface area contributed by atoms with Crippen LogP contribution in [0.5, 0.6) is 0 Å². The molecule has 1 atom stereocenters. The maximum Gasteiger partial charge on any atom is 0.416 e. The van der Waals surface area contributed by atoms with E-state index in [0.29, 0.717) is 12.0 Å². The molecular formula is C21H20F3N3O2S. The Kier molecular flexibility index (Phi) is 6.50. The molecule has 3 rings (SSSR count). The number of aldehydes is 1. The second-order valence-electron chi connectivity index (χ2n) is 6.61. The molecule has 0 spiro atoms. The number of carbonyl (C=O) groups is 1. The summed E-state index contributed by atoms with van der Waals surface area (Å²) in [6.07, 6.45) is -0.968. The minimum Gasteiger partial charge on any atom is -0.364 e. The number of nitrogens with zero attached hydrogens (tertiary/aromatic N) is 3. The fourth-order valence-electron chi connectivity index (χ4n) is 3.03. The first-order chi connectivity index (χ1) is 14.3. The Morgan fingerprint density at radius 1 is 1.20 bits per heavy atom.